The Morgan fingerprint density at radius 2 is 1.79 bits per heavy atom. The van der Waals surface area contributed by atoms with Gasteiger partial charge in [-0.25, -0.2) is 9.82 Å². The van der Waals surface area contributed by atoms with Crippen LogP contribution < -0.4 is 10.9 Å². The number of phenolic OH excluding ortho intramolecular Hbond substituents is 1. The normalized spacial score (nSPS) is 10.5. The fourth-order valence-corrected chi connectivity index (χ4v) is 1.98. The highest BCUT2D eigenvalue weighted by molar-refractivity contribution is 9.10. The summed E-state index contributed by atoms with van der Waals surface area (Å²) in [5.74, 6) is -3.05. The van der Waals surface area contributed by atoms with Crippen molar-refractivity contribution < 1.29 is 13.9 Å². The van der Waals surface area contributed by atoms with E-state index in [1.54, 1.807) is 0 Å². The monoisotopic (exact) mass is 328 g/mol. The second kappa shape index (κ2) is 5.99. The number of anilines is 1. The third-order valence-electron chi connectivity index (χ3n) is 2.50. The van der Waals surface area contributed by atoms with E-state index in [-0.39, 0.29) is 16.6 Å². The SMILES string of the molecule is Oc1c(Br)cc(CNNc2ccccc2)c(F)c1F. The summed E-state index contributed by atoms with van der Waals surface area (Å²) < 4.78 is 27.0. The Kier molecular flexibility index (Phi) is 4.34. The number of hydrazine groups is 1. The lowest BCUT2D eigenvalue weighted by atomic mass is 10.2. The number of phenols is 1. The smallest absolute Gasteiger partial charge is 0.201 e. The topological polar surface area (TPSA) is 44.3 Å². The van der Waals surface area contributed by atoms with E-state index < -0.39 is 17.4 Å². The summed E-state index contributed by atoms with van der Waals surface area (Å²) in [5, 5.41) is 9.22. The molecule has 0 saturated heterocycles. The van der Waals surface area contributed by atoms with Crippen molar-refractivity contribution in [3.05, 3.63) is 58.1 Å². The fourth-order valence-electron chi connectivity index (χ4n) is 1.53. The number of aromatic hydroxyl groups is 1. The van der Waals surface area contributed by atoms with Crippen molar-refractivity contribution in [3.8, 4) is 5.75 Å². The zero-order chi connectivity index (χ0) is 13.8. The Bertz CT molecular complexity index is 579. The van der Waals surface area contributed by atoms with Crippen molar-refractivity contribution in [3.63, 3.8) is 0 Å². The standard InChI is InChI=1S/C13H11BrF2N2O/c14-10-6-8(11(15)12(16)13(10)19)7-17-18-9-4-2-1-3-5-9/h1-6,17-19H,7H2. The Morgan fingerprint density at radius 3 is 2.47 bits per heavy atom. The Hall–Kier alpha value is -1.66. The molecule has 2 aromatic carbocycles. The number of rotatable bonds is 4. The third kappa shape index (κ3) is 3.21. The molecule has 100 valence electrons. The third-order valence-corrected chi connectivity index (χ3v) is 3.10. The first-order valence-electron chi connectivity index (χ1n) is 5.49. The molecule has 3 N–H and O–H groups in total. The summed E-state index contributed by atoms with van der Waals surface area (Å²) in [4.78, 5) is 0. The molecule has 0 spiro atoms. The number of para-hydroxylation sites is 1. The van der Waals surface area contributed by atoms with E-state index in [9.17, 15) is 13.9 Å². The minimum atomic E-state index is -1.26. The Balaban J connectivity index is 2.04. The van der Waals surface area contributed by atoms with Crippen LogP contribution in [0.5, 0.6) is 5.75 Å². The van der Waals surface area contributed by atoms with Gasteiger partial charge in [0.2, 0.25) is 5.82 Å². The van der Waals surface area contributed by atoms with E-state index >= 15 is 0 Å². The van der Waals surface area contributed by atoms with Crippen molar-refractivity contribution in [2.45, 2.75) is 6.54 Å². The molecule has 3 nitrogen and oxygen atoms in total. The highest BCUT2D eigenvalue weighted by atomic mass is 79.9. The van der Waals surface area contributed by atoms with E-state index in [0.29, 0.717) is 0 Å². The van der Waals surface area contributed by atoms with Crippen LogP contribution in [0.25, 0.3) is 0 Å². The molecule has 2 rings (SSSR count). The van der Waals surface area contributed by atoms with E-state index in [1.165, 1.54) is 6.07 Å². The molecule has 0 saturated carbocycles. The maximum Gasteiger partial charge on any atom is 0.201 e. The van der Waals surface area contributed by atoms with Gasteiger partial charge in [-0.2, -0.15) is 4.39 Å². The summed E-state index contributed by atoms with van der Waals surface area (Å²) in [6, 6.07) is 10.6. The average molecular weight is 329 g/mol. The summed E-state index contributed by atoms with van der Waals surface area (Å²) in [5.41, 5.74) is 6.54. The minimum Gasteiger partial charge on any atom is -0.504 e. The van der Waals surface area contributed by atoms with Crippen molar-refractivity contribution in [2.24, 2.45) is 0 Å². The van der Waals surface area contributed by atoms with Gasteiger partial charge in [0.25, 0.3) is 0 Å². The molecule has 0 amide bonds. The van der Waals surface area contributed by atoms with Gasteiger partial charge < -0.3 is 10.5 Å². The van der Waals surface area contributed by atoms with Crippen LogP contribution in [0.4, 0.5) is 14.5 Å². The van der Waals surface area contributed by atoms with Gasteiger partial charge in [0, 0.05) is 17.8 Å². The molecule has 0 aliphatic rings. The van der Waals surface area contributed by atoms with Crippen molar-refractivity contribution >= 4 is 21.6 Å². The predicted molar refractivity (Wildman–Crippen MR) is 72.6 cm³/mol. The second-order valence-electron chi connectivity index (χ2n) is 3.84. The number of benzene rings is 2. The van der Waals surface area contributed by atoms with E-state index in [2.05, 4.69) is 26.8 Å². The molecular weight excluding hydrogens is 318 g/mol. The first kappa shape index (κ1) is 13.8. The van der Waals surface area contributed by atoms with Gasteiger partial charge >= 0.3 is 0 Å². The molecule has 0 radical (unpaired) electrons. The number of hydrogen-bond acceptors (Lipinski definition) is 3. The molecule has 0 fully saturated rings. The van der Waals surface area contributed by atoms with Gasteiger partial charge in [0.15, 0.2) is 11.6 Å². The maximum atomic E-state index is 13.5. The number of hydrogen-bond donors (Lipinski definition) is 3. The minimum absolute atomic E-state index is 0.0660. The van der Waals surface area contributed by atoms with Crippen molar-refractivity contribution in [1.82, 2.24) is 5.43 Å². The highest BCUT2D eigenvalue weighted by Crippen LogP contribution is 2.30. The van der Waals surface area contributed by atoms with Gasteiger partial charge in [0.1, 0.15) is 0 Å². The molecule has 0 aliphatic heterocycles. The molecule has 0 aromatic heterocycles. The molecular formula is C13H11BrF2N2O. The largest absolute Gasteiger partial charge is 0.504 e. The molecule has 0 unspecified atom stereocenters. The van der Waals surface area contributed by atoms with Crippen LogP contribution in [0, 0.1) is 11.6 Å². The molecule has 2 aromatic rings. The molecule has 0 bridgehead atoms. The van der Waals surface area contributed by atoms with Crippen LogP contribution in [0.3, 0.4) is 0 Å². The average Bonchev–Trinajstić information content (AvgIpc) is 2.43. The first-order chi connectivity index (χ1) is 9.09. The molecule has 6 heteroatoms. The van der Waals surface area contributed by atoms with Crippen molar-refractivity contribution in [1.29, 1.82) is 0 Å². The van der Waals surface area contributed by atoms with E-state index in [1.807, 2.05) is 30.3 Å². The summed E-state index contributed by atoms with van der Waals surface area (Å²) in [6.07, 6.45) is 0. The Morgan fingerprint density at radius 1 is 1.11 bits per heavy atom. The van der Waals surface area contributed by atoms with Gasteiger partial charge in [-0.05, 0) is 34.1 Å². The Labute approximate surface area is 117 Å². The highest BCUT2D eigenvalue weighted by Gasteiger charge is 2.16. The van der Waals surface area contributed by atoms with E-state index in [0.717, 1.165) is 5.69 Å². The summed E-state index contributed by atoms with van der Waals surface area (Å²) in [7, 11) is 0. The van der Waals surface area contributed by atoms with Crippen LogP contribution in [0.2, 0.25) is 0 Å². The first-order valence-corrected chi connectivity index (χ1v) is 6.28. The lowest BCUT2D eigenvalue weighted by Crippen LogP contribution is -2.21. The second-order valence-corrected chi connectivity index (χ2v) is 4.69. The van der Waals surface area contributed by atoms with Gasteiger partial charge in [-0.1, -0.05) is 18.2 Å². The number of nitrogens with one attached hydrogen (secondary N) is 2. The van der Waals surface area contributed by atoms with Crippen LogP contribution in [-0.4, -0.2) is 5.11 Å². The molecule has 0 atom stereocenters. The zero-order valence-electron chi connectivity index (χ0n) is 9.75. The van der Waals surface area contributed by atoms with Crippen LogP contribution >= 0.6 is 15.9 Å². The van der Waals surface area contributed by atoms with Gasteiger partial charge in [0.05, 0.1) is 4.47 Å². The summed E-state index contributed by atoms with van der Waals surface area (Å²) >= 11 is 2.96. The van der Waals surface area contributed by atoms with Gasteiger partial charge in [-0.15, -0.1) is 0 Å². The maximum absolute atomic E-state index is 13.5. The van der Waals surface area contributed by atoms with E-state index in [4.69, 9.17) is 0 Å². The molecule has 0 aliphatic carbocycles. The molecule has 19 heavy (non-hydrogen) atoms. The summed E-state index contributed by atoms with van der Waals surface area (Å²) in [6.45, 7) is 0.0660. The lowest BCUT2D eigenvalue weighted by Gasteiger charge is -2.10. The van der Waals surface area contributed by atoms with Gasteiger partial charge in [-0.3, -0.25) is 0 Å². The quantitative estimate of drug-likeness (QED) is 0.594. The lowest BCUT2D eigenvalue weighted by molar-refractivity contribution is 0.400. The fraction of sp³-hybridized carbons (Fsp3) is 0.0769. The number of halogens is 3. The van der Waals surface area contributed by atoms with Crippen LogP contribution in [0.15, 0.2) is 40.9 Å². The van der Waals surface area contributed by atoms with Crippen LogP contribution in [0.1, 0.15) is 5.56 Å². The van der Waals surface area contributed by atoms with Crippen LogP contribution in [-0.2, 0) is 6.54 Å². The van der Waals surface area contributed by atoms with Crippen molar-refractivity contribution in [2.75, 3.05) is 5.43 Å². The molecule has 0 heterocycles. The zero-order valence-corrected chi connectivity index (χ0v) is 11.3. The predicted octanol–water partition coefficient (Wildman–Crippen LogP) is 3.55.